The summed E-state index contributed by atoms with van der Waals surface area (Å²) in [5, 5.41) is 0. The van der Waals surface area contributed by atoms with Crippen molar-refractivity contribution < 1.29 is 0 Å². The topological polar surface area (TPSA) is 58.9 Å². The lowest BCUT2D eigenvalue weighted by Gasteiger charge is -2.45. The lowest BCUT2D eigenvalue weighted by molar-refractivity contribution is 0.409. The number of pyridine rings is 1. The van der Waals surface area contributed by atoms with Crippen molar-refractivity contribution in [3.05, 3.63) is 57.0 Å². The first-order chi connectivity index (χ1) is 8.54. The normalized spacial score (nSPS) is 32.1. The zero-order valence-corrected chi connectivity index (χ0v) is 10.8. The molecule has 2 atom stereocenters. The first-order valence-electron chi connectivity index (χ1n) is 6.40. The van der Waals surface area contributed by atoms with Gasteiger partial charge in [-0.2, -0.15) is 0 Å². The highest BCUT2D eigenvalue weighted by Crippen LogP contribution is 2.47. The van der Waals surface area contributed by atoms with Gasteiger partial charge < -0.3 is 10.7 Å². The zero-order valence-electron chi connectivity index (χ0n) is 10.8. The van der Waals surface area contributed by atoms with Crippen LogP contribution in [-0.4, -0.2) is 4.98 Å². The maximum Gasteiger partial charge on any atom is 0.248 e. The number of rotatable bonds is 0. The van der Waals surface area contributed by atoms with Gasteiger partial charge in [-0.1, -0.05) is 17.7 Å². The molecular formula is C15H18N2O. The lowest BCUT2D eigenvalue weighted by atomic mass is 9.63. The van der Waals surface area contributed by atoms with E-state index in [-0.39, 0.29) is 5.56 Å². The lowest BCUT2D eigenvalue weighted by Crippen LogP contribution is -2.48. The van der Waals surface area contributed by atoms with Gasteiger partial charge in [-0.15, -0.1) is 0 Å². The molecule has 0 aromatic carbocycles. The first kappa shape index (κ1) is 11.5. The number of nitrogens with two attached hydrogens (primary N) is 1. The van der Waals surface area contributed by atoms with Crippen molar-refractivity contribution in [3.8, 4) is 0 Å². The molecular weight excluding hydrogens is 224 g/mol. The fraction of sp³-hybridized carbons (Fsp3) is 0.400. The summed E-state index contributed by atoms with van der Waals surface area (Å²) in [6.45, 7) is 4.19. The summed E-state index contributed by atoms with van der Waals surface area (Å²) < 4.78 is 0. The van der Waals surface area contributed by atoms with Crippen LogP contribution in [0.25, 0.3) is 0 Å². The van der Waals surface area contributed by atoms with E-state index in [1.54, 1.807) is 6.07 Å². The van der Waals surface area contributed by atoms with E-state index in [4.69, 9.17) is 5.73 Å². The SMILES string of the molecule is C/C=C1\[C@@H]2C=C(C)CC1(N)c1ccc(=O)[nH]c1C2. The standard InChI is InChI=1S/C15H18N2O/c1-3-11-10-6-9(2)8-15(11,16)12-4-5-14(18)17-13(12)7-10/h3-6,10H,7-8,16H2,1-2H3,(H,17,18)/b11-3+/t10-,15?/m1/s1. The smallest absolute Gasteiger partial charge is 0.248 e. The Morgan fingerprint density at radius 3 is 3.00 bits per heavy atom. The molecule has 0 aliphatic heterocycles. The summed E-state index contributed by atoms with van der Waals surface area (Å²) in [4.78, 5) is 14.4. The number of nitrogens with one attached hydrogen (secondary N) is 1. The second kappa shape index (κ2) is 3.69. The molecule has 2 aliphatic carbocycles. The molecule has 1 aromatic rings. The average Bonchev–Trinajstić information content (AvgIpc) is 2.26. The van der Waals surface area contributed by atoms with E-state index in [2.05, 4.69) is 31.0 Å². The molecule has 18 heavy (non-hydrogen) atoms. The van der Waals surface area contributed by atoms with Crippen LogP contribution >= 0.6 is 0 Å². The molecule has 0 saturated carbocycles. The van der Waals surface area contributed by atoms with Crippen LogP contribution in [0.15, 0.2) is 40.2 Å². The number of aromatic amines is 1. The highest BCUT2D eigenvalue weighted by Gasteiger charge is 2.43. The Morgan fingerprint density at radius 2 is 2.28 bits per heavy atom. The zero-order chi connectivity index (χ0) is 12.9. The fourth-order valence-electron chi connectivity index (χ4n) is 3.57. The van der Waals surface area contributed by atoms with Gasteiger partial charge >= 0.3 is 0 Å². The predicted molar refractivity (Wildman–Crippen MR) is 72.3 cm³/mol. The van der Waals surface area contributed by atoms with Crippen LogP contribution in [0.3, 0.4) is 0 Å². The molecule has 3 N–H and O–H groups in total. The van der Waals surface area contributed by atoms with Crippen molar-refractivity contribution in [1.82, 2.24) is 4.98 Å². The van der Waals surface area contributed by atoms with E-state index in [9.17, 15) is 4.79 Å². The van der Waals surface area contributed by atoms with Crippen LogP contribution in [0.4, 0.5) is 0 Å². The van der Waals surface area contributed by atoms with Crippen molar-refractivity contribution in [2.45, 2.75) is 32.2 Å². The Kier molecular flexibility index (Phi) is 2.35. The summed E-state index contributed by atoms with van der Waals surface area (Å²) in [5.41, 5.74) is 10.9. The van der Waals surface area contributed by atoms with E-state index in [1.165, 1.54) is 11.1 Å². The van der Waals surface area contributed by atoms with Gasteiger partial charge in [-0.05, 0) is 43.9 Å². The van der Waals surface area contributed by atoms with Crippen molar-refractivity contribution in [2.24, 2.45) is 11.7 Å². The number of hydrogen-bond acceptors (Lipinski definition) is 2. The van der Waals surface area contributed by atoms with Crippen LogP contribution in [0, 0.1) is 5.92 Å². The van der Waals surface area contributed by atoms with Crippen LogP contribution in [0.2, 0.25) is 0 Å². The third-order valence-corrected chi connectivity index (χ3v) is 4.17. The van der Waals surface area contributed by atoms with Crippen LogP contribution in [-0.2, 0) is 12.0 Å². The van der Waals surface area contributed by atoms with Gasteiger partial charge in [0, 0.05) is 17.7 Å². The van der Waals surface area contributed by atoms with E-state index in [0.29, 0.717) is 5.92 Å². The van der Waals surface area contributed by atoms with Crippen LogP contribution < -0.4 is 11.3 Å². The van der Waals surface area contributed by atoms with Crippen LogP contribution in [0.1, 0.15) is 31.5 Å². The van der Waals surface area contributed by atoms with Gasteiger partial charge in [0.2, 0.25) is 5.56 Å². The minimum atomic E-state index is -0.434. The molecule has 3 heteroatoms. The molecule has 0 radical (unpaired) electrons. The van der Waals surface area contributed by atoms with Crippen molar-refractivity contribution >= 4 is 0 Å². The molecule has 3 nitrogen and oxygen atoms in total. The van der Waals surface area contributed by atoms with Crippen molar-refractivity contribution in [1.29, 1.82) is 0 Å². The molecule has 0 saturated heterocycles. The molecule has 2 bridgehead atoms. The van der Waals surface area contributed by atoms with Crippen LogP contribution in [0.5, 0.6) is 0 Å². The number of H-pyrrole nitrogens is 1. The highest BCUT2D eigenvalue weighted by molar-refractivity contribution is 5.48. The number of hydrogen-bond donors (Lipinski definition) is 2. The third-order valence-electron chi connectivity index (χ3n) is 4.17. The van der Waals surface area contributed by atoms with E-state index in [0.717, 1.165) is 24.1 Å². The molecule has 94 valence electrons. The summed E-state index contributed by atoms with van der Waals surface area (Å²) in [6.07, 6.45) is 6.11. The molecule has 2 aliphatic rings. The van der Waals surface area contributed by atoms with Crippen molar-refractivity contribution in [2.75, 3.05) is 0 Å². The van der Waals surface area contributed by atoms with E-state index < -0.39 is 5.54 Å². The maximum absolute atomic E-state index is 11.5. The summed E-state index contributed by atoms with van der Waals surface area (Å²) in [7, 11) is 0. The first-order valence-corrected chi connectivity index (χ1v) is 6.40. The second-order valence-electron chi connectivity index (χ2n) is 5.43. The molecule has 0 fully saturated rings. The number of fused-ring (bicyclic) bond motifs is 4. The Hall–Kier alpha value is -1.61. The van der Waals surface area contributed by atoms with Crippen molar-refractivity contribution in [3.63, 3.8) is 0 Å². The quantitative estimate of drug-likeness (QED) is 0.684. The number of allylic oxidation sites excluding steroid dienone is 2. The van der Waals surface area contributed by atoms with Gasteiger partial charge in [0.1, 0.15) is 0 Å². The molecule has 0 spiro atoms. The Morgan fingerprint density at radius 1 is 1.50 bits per heavy atom. The summed E-state index contributed by atoms with van der Waals surface area (Å²) in [6, 6.07) is 3.47. The van der Waals surface area contributed by atoms with Gasteiger partial charge in [0.15, 0.2) is 0 Å². The molecule has 1 heterocycles. The Labute approximate surface area is 106 Å². The molecule has 0 amide bonds. The largest absolute Gasteiger partial charge is 0.326 e. The van der Waals surface area contributed by atoms with E-state index >= 15 is 0 Å². The predicted octanol–water partition coefficient (Wildman–Crippen LogP) is 2.00. The minimum absolute atomic E-state index is 0.0416. The molecule has 1 aromatic heterocycles. The van der Waals surface area contributed by atoms with Gasteiger partial charge in [0.25, 0.3) is 0 Å². The Balaban J connectivity index is 2.28. The Bertz CT molecular complexity index is 624. The summed E-state index contributed by atoms with van der Waals surface area (Å²) in [5.74, 6) is 0.333. The molecule has 1 unspecified atom stereocenters. The summed E-state index contributed by atoms with van der Waals surface area (Å²) >= 11 is 0. The monoisotopic (exact) mass is 242 g/mol. The fourth-order valence-corrected chi connectivity index (χ4v) is 3.57. The van der Waals surface area contributed by atoms with Gasteiger partial charge in [0.05, 0.1) is 5.54 Å². The molecule has 3 rings (SSSR count). The highest BCUT2D eigenvalue weighted by atomic mass is 16.1. The van der Waals surface area contributed by atoms with E-state index in [1.807, 2.05) is 6.07 Å². The third kappa shape index (κ3) is 1.44. The second-order valence-corrected chi connectivity index (χ2v) is 5.43. The average molecular weight is 242 g/mol. The number of aromatic nitrogens is 1. The van der Waals surface area contributed by atoms with Gasteiger partial charge in [-0.3, -0.25) is 4.79 Å². The van der Waals surface area contributed by atoms with Gasteiger partial charge in [-0.25, -0.2) is 0 Å². The maximum atomic E-state index is 11.5. The minimum Gasteiger partial charge on any atom is -0.326 e.